The molecule has 2 aliphatic rings. The molecule has 100 valence electrons. The van der Waals surface area contributed by atoms with Gasteiger partial charge in [-0.1, -0.05) is 39.0 Å². The first-order valence-corrected chi connectivity index (χ1v) is 6.89. The van der Waals surface area contributed by atoms with E-state index in [4.69, 9.17) is 0 Å². The highest BCUT2D eigenvalue weighted by Crippen LogP contribution is 2.65. The maximum absolute atomic E-state index is 13.7. The van der Waals surface area contributed by atoms with Crippen molar-refractivity contribution < 1.29 is 9.18 Å². The number of Topliss-reactive ketones (excluding diaryl/α,β-unsaturated/α-hetero) is 1. The highest BCUT2D eigenvalue weighted by molar-refractivity contribution is 6.07. The van der Waals surface area contributed by atoms with Gasteiger partial charge in [-0.2, -0.15) is 0 Å². The Morgan fingerprint density at radius 3 is 2.53 bits per heavy atom. The average molecular weight is 258 g/mol. The molecule has 2 bridgehead atoms. The molecule has 0 spiro atoms. The monoisotopic (exact) mass is 258 g/mol. The zero-order valence-corrected chi connectivity index (χ0v) is 11.7. The summed E-state index contributed by atoms with van der Waals surface area (Å²) in [5, 5.41) is 0. The lowest BCUT2D eigenvalue weighted by molar-refractivity contribution is -0.125. The summed E-state index contributed by atoms with van der Waals surface area (Å²) in [4.78, 5) is 12.6. The first-order chi connectivity index (χ1) is 8.88. The highest BCUT2D eigenvalue weighted by atomic mass is 19.1. The fourth-order valence-electron chi connectivity index (χ4n) is 3.85. The van der Waals surface area contributed by atoms with Crippen LogP contribution in [0.2, 0.25) is 0 Å². The van der Waals surface area contributed by atoms with Gasteiger partial charge in [0.1, 0.15) is 5.82 Å². The zero-order valence-electron chi connectivity index (χ0n) is 11.7. The lowest BCUT2D eigenvalue weighted by atomic mass is 9.70. The lowest BCUT2D eigenvalue weighted by Crippen LogP contribution is -2.32. The minimum Gasteiger partial charge on any atom is -0.294 e. The maximum atomic E-state index is 13.7. The van der Waals surface area contributed by atoms with E-state index in [1.165, 1.54) is 6.07 Å². The molecule has 1 aromatic rings. The molecule has 19 heavy (non-hydrogen) atoms. The van der Waals surface area contributed by atoms with Crippen LogP contribution >= 0.6 is 0 Å². The molecular formula is C17H19FO. The third-order valence-electron chi connectivity index (χ3n) is 5.58. The molecule has 1 nitrogen and oxygen atoms in total. The van der Waals surface area contributed by atoms with Crippen molar-refractivity contribution in [3.63, 3.8) is 0 Å². The van der Waals surface area contributed by atoms with Gasteiger partial charge >= 0.3 is 0 Å². The molecule has 0 radical (unpaired) electrons. The largest absolute Gasteiger partial charge is 0.294 e. The van der Waals surface area contributed by atoms with Crippen LogP contribution in [0, 0.1) is 22.6 Å². The molecule has 0 saturated heterocycles. The molecular weight excluding hydrogens is 239 g/mol. The van der Waals surface area contributed by atoms with Gasteiger partial charge in [0.15, 0.2) is 5.78 Å². The predicted molar refractivity (Wildman–Crippen MR) is 74.0 cm³/mol. The van der Waals surface area contributed by atoms with E-state index in [9.17, 15) is 9.18 Å². The Labute approximate surface area is 113 Å². The van der Waals surface area contributed by atoms with Gasteiger partial charge in [0.25, 0.3) is 0 Å². The normalized spacial score (nSPS) is 34.2. The molecule has 0 N–H and O–H groups in total. The molecule has 0 heterocycles. The molecule has 2 heteroatoms. The summed E-state index contributed by atoms with van der Waals surface area (Å²) >= 11 is 0. The molecule has 1 aromatic carbocycles. The Morgan fingerprint density at radius 1 is 1.26 bits per heavy atom. The standard InChI is InChI=1S/C17H19FO/c1-16(2)13-8-9-17(16,3)15(19)12(13)10-11-6-4-5-7-14(11)18/h4-7,10,13H,8-9H2,1-3H3. The Balaban J connectivity index is 2.10. The van der Waals surface area contributed by atoms with Crippen LogP contribution in [0.5, 0.6) is 0 Å². The number of carbonyl (C=O) groups is 1. The number of allylic oxidation sites excluding steroid dienone is 1. The van der Waals surface area contributed by atoms with Gasteiger partial charge in [0.2, 0.25) is 0 Å². The van der Waals surface area contributed by atoms with Crippen molar-refractivity contribution in [1.29, 1.82) is 0 Å². The SMILES string of the molecule is CC12CCC(C(=Cc3ccccc3F)C1=O)C2(C)C. The molecule has 2 aliphatic carbocycles. The second-order valence-electron chi connectivity index (χ2n) is 6.60. The molecule has 0 aromatic heterocycles. The van der Waals surface area contributed by atoms with Crippen LogP contribution in [0.4, 0.5) is 4.39 Å². The van der Waals surface area contributed by atoms with Gasteiger partial charge in [-0.05, 0) is 36.3 Å². The average Bonchev–Trinajstić information content (AvgIpc) is 2.66. The first-order valence-electron chi connectivity index (χ1n) is 6.89. The van der Waals surface area contributed by atoms with Crippen LogP contribution in [0.1, 0.15) is 39.2 Å². The molecule has 2 fully saturated rings. The third kappa shape index (κ3) is 1.49. The van der Waals surface area contributed by atoms with Crippen LogP contribution in [0.15, 0.2) is 29.8 Å². The van der Waals surface area contributed by atoms with Crippen molar-refractivity contribution in [2.45, 2.75) is 33.6 Å². The number of carbonyl (C=O) groups excluding carboxylic acids is 1. The number of halogens is 1. The Morgan fingerprint density at radius 2 is 1.95 bits per heavy atom. The van der Waals surface area contributed by atoms with Crippen LogP contribution in [0.25, 0.3) is 6.08 Å². The van der Waals surface area contributed by atoms with Crippen molar-refractivity contribution >= 4 is 11.9 Å². The third-order valence-corrected chi connectivity index (χ3v) is 5.58. The van der Waals surface area contributed by atoms with Gasteiger partial charge < -0.3 is 0 Å². The molecule has 2 atom stereocenters. The van der Waals surface area contributed by atoms with E-state index >= 15 is 0 Å². The maximum Gasteiger partial charge on any atom is 0.165 e. The van der Waals surface area contributed by atoms with E-state index in [0.29, 0.717) is 5.56 Å². The minimum atomic E-state index is -0.269. The number of rotatable bonds is 1. The van der Waals surface area contributed by atoms with Crippen molar-refractivity contribution in [3.8, 4) is 0 Å². The van der Waals surface area contributed by atoms with Crippen LogP contribution in [0.3, 0.4) is 0 Å². The van der Waals surface area contributed by atoms with Crippen molar-refractivity contribution in [2.75, 3.05) is 0 Å². The molecule has 0 aliphatic heterocycles. The number of benzene rings is 1. The minimum absolute atomic E-state index is 0.0127. The van der Waals surface area contributed by atoms with Gasteiger partial charge in [0.05, 0.1) is 0 Å². The Hall–Kier alpha value is -1.44. The second kappa shape index (κ2) is 3.78. The van der Waals surface area contributed by atoms with Crippen molar-refractivity contribution in [1.82, 2.24) is 0 Å². The number of fused-ring (bicyclic) bond motifs is 2. The van der Waals surface area contributed by atoms with Crippen molar-refractivity contribution in [2.24, 2.45) is 16.7 Å². The second-order valence-corrected chi connectivity index (χ2v) is 6.60. The molecule has 2 saturated carbocycles. The van der Waals surface area contributed by atoms with Crippen LogP contribution < -0.4 is 0 Å². The zero-order chi connectivity index (χ0) is 13.8. The van der Waals surface area contributed by atoms with Gasteiger partial charge in [-0.25, -0.2) is 4.39 Å². The summed E-state index contributed by atoms with van der Waals surface area (Å²) in [6.45, 7) is 6.41. The predicted octanol–water partition coefficient (Wildman–Crippen LogP) is 4.23. The summed E-state index contributed by atoms with van der Waals surface area (Å²) in [6.07, 6.45) is 3.77. The van der Waals surface area contributed by atoms with Crippen LogP contribution in [-0.4, -0.2) is 5.78 Å². The van der Waals surface area contributed by atoms with E-state index < -0.39 is 0 Å². The lowest BCUT2D eigenvalue weighted by Gasteiger charge is -2.31. The van der Waals surface area contributed by atoms with Gasteiger partial charge in [-0.15, -0.1) is 0 Å². The quantitative estimate of drug-likeness (QED) is 0.689. The van der Waals surface area contributed by atoms with E-state index in [2.05, 4.69) is 20.8 Å². The number of hydrogen-bond donors (Lipinski definition) is 0. The van der Waals surface area contributed by atoms with E-state index in [0.717, 1.165) is 18.4 Å². The summed E-state index contributed by atoms with van der Waals surface area (Å²) in [6, 6.07) is 6.65. The Bertz CT molecular complexity index is 585. The summed E-state index contributed by atoms with van der Waals surface area (Å²) in [5.74, 6) is 0.232. The van der Waals surface area contributed by atoms with Gasteiger partial charge in [0, 0.05) is 16.6 Å². The first kappa shape index (κ1) is 12.6. The number of hydrogen-bond acceptors (Lipinski definition) is 1. The highest BCUT2D eigenvalue weighted by Gasteiger charge is 2.63. The number of ketones is 1. The summed E-state index contributed by atoms with van der Waals surface area (Å²) in [7, 11) is 0. The van der Waals surface area contributed by atoms with E-state index in [1.54, 1.807) is 24.3 Å². The topological polar surface area (TPSA) is 17.1 Å². The van der Waals surface area contributed by atoms with Gasteiger partial charge in [-0.3, -0.25) is 4.79 Å². The molecule has 3 rings (SSSR count). The summed E-state index contributed by atoms with van der Waals surface area (Å²) < 4.78 is 13.7. The smallest absolute Gasteiger partial charge is 0.165 e. The Kier molecular flexibility index (Phi) is 2.51. The fourth-order valence-corrected chi connectivity index (χ4v) is 3.85. The summed E-state index contributed by atoms with van der Waals surface area (Å²) in [5.41, 5.74) is 1.07. The van der Waals surface area contributed by atoms with Crippen LogP contribution in [-0.2, 0) is 4.79 Å². The van der Waals surface area contributed by atoms with Crippen molar-refractivity contribution in [3.05, 3.63) is 41.2 Å². The molecule has 2 unspecified atom stereocenters. The molecule has 0 amide bonds. The fraction of sp³-hybridized carbons (Fsp3) is 0.471. The van der Waals surface area contributed by atoms with E-state index in [-0.39, 0.29) is 28.3 Å². The van der Waals surface area contributed by atoms with E-state index in [1.807, 2.05) is 0 Å².